The van der Waals surface area contributed by atoms with E-state index in [1.165, 1.54) is 5.56 Å². The third-order valence-corrected chi connectivity index (χ3v) is 5.49. The predicted octanol–water partition coefficient (Wildman–Crippen LogP) is 3.32. The third-order valence-electron chi connectivity index (χ3n) is 5.49. The van der Waals surface area contributed by atoms with E-state index in [4.69, 9.17) is 4.74 Å². The van der Waals surface area contributed by atoms with E-state index in [1.807, 2.05) is 24.3 Å². The fraction of sp³-hybridized carbons (Fsp3) is 0.450. The molecule has 2 aliphatic heterocycles. The lowest BCUT2D eigenvalue weighted by molar-refractivity contribution is 0.00822. The van der Waals surface area contributed by atoms with Crippen LogP contribution in [0.15, 0.2) is 48.8 Å². The monoisotopic (exact) mass is 324 g/mol. The molecule has 0 radical (unpaired) electrons. The van der Waals surface area contributed by atoms with Crippen LogP contribution in [-0.4, -0.2) is 40.7 Å². The Balaban J connectivity index is 1.47. The molecule has 2 saturated heterocycles. The van der Waals surface area contributed by atoms with E-state index in [0.717, 1.165) is 37.8 Å². The van der Waals surface area contributed by atoms with Gasteiger partial charge < -0.3 is 14.2 Å². The van der Waals surface area contributed by atoms with E-state index >= 15 is 0 Å². The van der Waals surface area contributed by atoms with Crippen molar-refractivity contribution in [2.24, 2.45) is 0 Å². The highest BCUT2D eigenvalue weighted by Gasteiger charge is 2.43. The largest absolute Gasteiger partial charge is 0.381 e. The zero-order valence-corrected chi connectivity index (χ0v) is 14.1. The lowest BCUT2D eigenvalue weighted by Crippen LogP contribution is -2.48. The number of piperidine rings is 1. The van der Waals surface area contributed by atoms with Crippen LogP contribution in [0.1, 0.15) is 41.6 Å². The van der Waals surface area contributed by atoms with Gasteiger partial charge in [0, 0.05) is 43.7 Å². The maximum Gasteiger partial charge on any atom is 0.254 e. The van der Waals surface area contributed by atoms with Crippen LogP contribution >= 0.6 is 0 Å². The Hall–Kier alpha value is -2.07. The number of benzene rings is 1. The molecule has 4 nitrogen and oxygen atoms in total. The molecule has 24 heavy (non-hydrogen) atoms. The van der Waals surface area contributed by atoms with Crippen LogP contribution in [0.3, 0.4) is 0 Å². The molecule has 1 aromatic carbocycles. The lowest BCUT2D eigenvalue weighted by atomic mass is 9.98. The van der Waals surface area contributed by atoms with E-state index in [1.54, 1.807) is 7.11 Å². The zero-order chi connectivity index (χ0) is 16.5. The van der Waals surface area contributed by atoms with E-state index < -0.39 is 0 Å². The number of carbonyl (C=O) groups excluding carboxylic acids is 1. The standard InChI is InChI=1S/C20H24N2O2/c1-24-19-12-17-8-9-18(13-19)22(17)20(23)16-6-4-15(5-7-16)14-21-10-2-3-11-21/h2-7,10-11,17-19H,8-9,12-14H2,1H3/t17-,18+,19?. The second-order valence-electron chi connectivity index (χ2n) is 6.98. The Morgan fingerprint density at radius 3 is 2.29 bits per heavy atom. The minimum absolute atomic E-state index is 0.185. The average molecular weight is 324 g/mol. The SMILES string of the molecule is COC1C[C@H]2CC[C@@H](C1)N2C(=O)c1ccc(Cn2cccc2)cc1. The minimum atomic E-state index is 0.185. The molecule has 3 heterocycles. The van der Waals surface area contributed by atoms with Crippen LogP contribution in [0.4, 0.5) is 0 Å². The van der Waals surface area contributed by atoms with Crippen molar-refractivity contribution in [3.8, 4) is 0 Å². The smallest absolute Gasteiger partial charge is 0.254 e. The first-order chi connectivity index (χ1) is 11.7. The van der Waals surface area contributed by atoms with Crippen molar-refractivity contribution in [2.75, 3.05) is 7.11 Å². The van der Waals surface area contributed by atoms with Crippen molar-refractivity contribution < 1.29 is 9.53 Å². The number of aromatic nitrogens is 1. The van der Waals surface area contributed by atoms with Gasteiger partial charge in [-0.05, 0) is 55.5 Å². The highest BCUT2D eigenvalue weighted by atomic mass is 16.5. The van der Waals surface area contributed by atoms with Crippen LogP contribution < -0.4 is 0 Å². The number of hydrogen-bond donors (Lipinski definition) is 0. The summed E-state index contributed by atoms with van der Waals surface area (Å²) in [5, 5.41) is 0. The summed E-state index contributed by atoms with van der Waals surface area (Å²) in [5.41, 5.74) is 2.02. The summed E-state index contributed by atoms with van der Waals surface area (Å²) in [4.78, 5) is 15.1. The average Bonchev–Trinajstić information content (AvgIpc) is 3.20. The number of fused-ring (bicyclic) bond motifs is 2. The molecular formula is C20H24N2O2. The first kappa shape index (κ1) is 15.5. The second kappa shape index (κ2) is 6.44. The van der Waals surface area contributed by atoms with Crippen LogP contribution in [-0.2, 0) is 11.3 Å². The van der Waals surface area contributed by atoms with Gasteiger partial charge in [-0.2, -0.15) is 0 Å². The molecule has 4 rings (SSSR count). The van der Waals surface area contributed by atoms with E-state index in [9.17, 15) is 4.79 Å². The number of carbonyl (C=O) groups is 1. The number of nitrogens with zero attached hydrogens (tertiary/aromatic N) is 2. The summed E-state index contributed by atoms with van der Waals surface area (Å²) in [5.74, 6) is 0.185. The molecule has 4 heteroatoms. The Labute approximate surface area is 143 Å². The predicted molar refractivity (Wildman–Crippen MR) is 93.0 cm³/mol. The molecule has 0 aliphatic carbocycles. The minimum Gasteiger partial charge on any atom is -0.381 e. The van der Waals surface area contributed by atoms with Gasteiger partial charge in [0.05, 0.1) is 6.10 Å². The van der Waals surface area contributed by atoms with Gasteiger partial charge in [-0.15, -0.1) is 0 Å². The highest BCUT2D eigenvalue weighted by molar-refractivity contribution is 5.95. The van der Waals surface area contributed by atoms with E-state index in [0.29, 0.717) is 18.2 Å². The topological polar surface area (TPSA) is 34.5 Å². The molecule has 2 aromatic rings. The summed E-state index contributed by atoms with van der Waals surface area (Å²) in [6.45, 7) is 0.839. The summed E-state index contributed by atoms with van der Waals surface area (Å²) in [6, 6.07) is 12.8. The van der Waals surface area contributed by atoms with Gasteiger partial charge in [0.1, 0.15) is 0 Å². The summed E-state index contributed by atoms with van der Waals surface area (Å²) in [6.07, 6.45) is 8.60. The van der Waals surface area contributed by atoms with Crippen molar-refractivity contribution in [3.63, 3.8) is 0 Å². The van der Waals surface area contributed by atoms with Crippen LogP contribution in [0.2, 0.25) is 0 Å². The molecule has 0 N–H and O–H groups in total. The van der Waals surface area contributed by atoms with Gasteiger partial charge in [-0.3, -0.25) is 4.79 Å². The second-order valence-corrected chi connectivity index (χ2v) is 6.98. The quantitative estimate of drug-likeness (QED) is 0.865. The first-order valence-electron chi connectivity index (χ1n) is 8.80. The third kappa shape index (κ3) is 2.86. The Morgan fingerprint density at radius 1 is 1.08 bits per heavy atom. The van der Waals surface area contributed by atoms with Crippen molar-refractivity contribution >= 4 is 5.91 Å². The summed E-state index contributed by atoms with van der Waals surface area (Å²) < 4.78 is 7.66. The molecule has 0 saturated carbocycles. The Bertz CT molecular complexity index is 679. The first-order valence-corrected chi connectivity index (χ1v) is 8.80. The van der Waals surface area contributed by atoms with Gasteiger partial charge in [-0.1, -0.05) is 12.1 Å². The number of methoxy groups -OCH3 is 1. The van der Waals surface area contributed by atoms with E-state index in [-0.39, 0.29) is 5.91 Å². The molecule has 2 aliphatic rings. The fourth-order valence-corrected chi connectivity index (χ4v) is 4.24. The fourth-order valence-electron chi connectivity index (χ4n) is 4.24. The number of amides is 1. The molecule has 3 atom stereocenters. The highest BCUT2D eigenvalue weighted by Crippen LogP contribution is 2.37. The van der Waals surface area contributed by atoms with Gasteiger partial charge in [0.25, 0.3) is 5.91 Å². The molecular weight excluding hydrogens is 300 g/mol. The van der Waals surface area contributed by atoms with Gasteiger partial charge in [-0.25, -0.2) is 0 Å². The molecule has 126 valence electrons. The van der Waals surface area contributed by atoms with Gasteiger partial charge in [0.15, 0.2) is 0 Å². The van der Waals surface area contributed by atoms with E-state index in [2.05, 4.69) is 34.0 Å². The van der Waals surface area contributed by atoms with Crippen LogP contribution in [0.25, 0.3) is 0 Å². The van der Waals surface area contributed by atoms with Crippen molar-refractivity contribution in [2.45, 2.75) is 50.4 Å². The molecule has 1 aromatic heterocycles. The molecule has 0 spiro atoms. The van der Waals surface area contributed by atoms with Crippen LogP contribution in [0.5, 0.6) is 0 Å². The zero-order valence-electron chi connectivity index (χ0n) is 14.1. The van der Waals surface area contributed by atoms with Crippen LogP contribution in [0, 0.1) is 0 Å². The molecule has 2 bridgehead atoms. The molecule has 1 amide bonds. The Kier molecular flexibility index (Phi) is 4.15. The normalized spacial score (nSPS) is 25.9. The number of rotatable bonds is 4. The van der Waals surface area contributed by atoms with Gasteiger partial charge >= 0.3 is 0 Å². The van der Waals surface area contributed by atoms with Crippen molar-refractivity contribution in [1.82, 2.24) is 9.47 Å². The number of ether oxygens (including phenoxy) is 1. The number of hydrogen-bond acceptors (Lipinski definition) is 2. The van der Waals surface area contributed by atoms with Crippen molar-refractivity contribution in [1.29, 1.82) is 0 Å². The van der Waals surface area contributed by atoms with Crippen molar-refractivity contribution in [3.05, 3.63) is 59.9 Å². The Morgan fingerprint density at radius 2 is 1.71 bits per heavy atom. The molecule has 2 fully saturated rings. The summed E-state index contributed by atoms with van der Waals surface area (Å²) in [7, 11) is 1.78. The lowest BCUT2D eigenvalue weighted by Gasteiger charge is -2.38. The summed E-state index contributed by atoms with van der Waals surface area (Å²) >= 11 is 0. The molecule has 1 unspecified atom stereocenters. The van der Waals surface area contributed by atoms with Gasteiger partial charge in [0.2, 0.25) is 0 Å². The maximum absolute atomic E-state index is 13.0. The maximum atomic E-state index is 13.0.